The van der Waals surface area contributed by atoms with E-state index in [9.17, 15) is 0 Å². The first-order valence-electron chi connectivity index (χ1n) is 5.36. The van der Waals surface area contributed by atoms with Gasteiger partial charge in [0.05, 0.1) is 0 Å². The van der Waals surface area contributed by atoms with Gasteiger partial charge in [0.15, 0.2) is 0 Å². The maximum absolute atomic E-state index is 2.42. The summed E-state index contributed by atoms with van der Waals surface area (Å²) < 4.78 is 0.831. The normalized spacial score (nSPS) is 14.9. The molecule has 0 amide bonds. The van der Waals surface area contributed by atoms with Crippen molar-refractivity contribution in [1.29, 1.82) is 0 Å². The van der Waals surface area contributed by atoms with Gasteiger partial charge in [-0.1, -0.05) is 37.3 Å². The molecule has 0 radical (unpaired) electrons. The van der Waals surface area contributed by atoms with Gasteiger partial charge in [0.1, 0.15) is 0 Å². The molecule has 0 N–H and O–H groups in total. The van der Waals surface area contributed by atoms with E-state index in [1.165, 1.54) is 12.0 Å². The molecule has 0 fully saturated rings. The molecule has 0 saturated carbocycles. The Labute approximate surface area is 100 Å². The van der Waals surface area contributed by atoms with Crippen molar-refractivity contribution in [1.82, 2.24) is 0 Å². The molecule has 1 rings (SSSR count). The van der Waals surface area contributed by atoms with Crippen LogP contribution in [0.4, 0.5) is 0 Å². The number of hydrogen-bond acceptors (Lipinski definition) is 1. The first-order chi connectivity index (χ1) is 7.04. The van der Waals surface area contributed by atoms with Crippen molar-refractivity contribution in [3.8, 4) is 0 Å². The molecule has 1 unspecified atom stereocenters. The van der Waals surface area contributed by atoms with E-state index in [1.54, 1.807) is 0 Å². The molecular formula is C13H22S2. The molecule has 0 heterocycles. The Kier molecular flexibility index (Phi) is 5.07. The van der Waals surface area contributed by atoms with Crippen LogP contribution in [0, 0.1) is 0 Å². The van der Waals surface area contributed by atoms with Crippen LogP contribution in [0.25, 0.3) is 0 Å². The third kappa shape index (κ3) is 4.52. The van der Waals surface area contributed by atoms with Crippen molar-refractivity contribution in [3.63, 3.8) is 0 Å². The smallest absolute Gasteiger partial charge is 0.0342 e. The second-order valence-corrected chi connectivity index (χ2v) is 10.5. The lowest BCUT2D eigenvalue weighted by atomic mass is 10.2. The molecular weight excluding hydrogens is 220 g/mol. The summed E-state index contributed by atoms with van der Waals surface area (Å²) in [7, 11) is -0.422. The third-order valence-corrected chi connectivity index (χ3v) is 7.66. The molecule has 0 nitrogen and oxygen atoms in total. The maximum atomic E-state index is 2.42. The van der Waals surface area contributed by atoms with E-state index in [1.807, 2.05) is 0 Å². The van der Waals surface area contributed by atoms with Crippen LogP contribution >= 0.6 is 21.8 Å². The van der Waals surface area contributed by atoms with E-state index < -0.39 is 10.0 Å². The first kappa shape index (κ1) is 13.0. The maximum Gasteiger partial charge on any atom is 0.0342 e. The predicted molar refractivity (Wildman–Crippen MR) is 77.2 cm³/mol. The number of benzene rings is 1. The second-order valence-electron chi connectivity index (χ2n) is 4.57. The molecule has 1 aromatic rings. The average molecular weight is 242 g/mol. The van der Waals surface area contributed by atoms with Crippen molar-refractivity contribution >= 4 is 21.8 Å². The Hall–Kier alpha value is -0.0800. The van der Waals surface area contributed by atoms with Crippen molar-refractivity contribution in [2.24, 2.45) is 0 Å². The molecule has 1 aromatic carbocycles. The predicted octanol–water partition coefficient (Wildman–Crippen LogP) is 4.35. The Bertz CT molecular complexity index is 274. The molecule has 0 bridgehead atoms. The van der Waals surface area contributed by atoms with Gasteiger partial charge >= 0.3 is 0 Å². The summed E-state index contributed by atoms with van der Waals surface area (Å²) in [6, 6.07) is 10.8. The molecule has 1 atom stereocenters. The van der Waals surface area contributed by atoms with Gasteiger partial charge < -0.3 is 0 Å². The Morgan fingerprint density at radius 2 is 1.73 bits per heavy atom. The third-order valence-electron chi connectivity index (χ3n) is 2.40. The van der Waals surface area contributed by atoms with Crippen LogP contribution in [-0.2, 0) is 5.75 Å². The molecule has 0 aliphatic carbocycles. The molecule has 2 heteroatoms. The van der Waals surface area contributed by atoms with E-state index in [4.69, 9.17) is 0 Å². The fraction of sp³-hybridized carbons (Fsp3) is 0.538. The minimum Gasteiger partial charge on any atom is -0.238 e. The van der Waals surface area contributed by atoms with Gasteiger partial charge in [0, 0.05) is 10.3 Å². The highest BCUT2D eigenvalue weighted by Gasteiger charge is 2.18. The highest BCUT2D eigenvalue weighted by molar-refractivity contribution is 8.39. The zero-order valence-corrected chi connectivity index (χ0v) is 11.8. The topological polar surface area (TPSA) is 0 Å². The zero-order chi connectivity index (χ0) is 11.3. The standard InChI is InChI=1S/C13H22S2/c1-5-13(15(2,3)4)14-11-12-9-7-6-8-10-12/h6-10,13H,5,11H2,1-4H3. The van der Waals surface area contributed by atoms with Crippen molar-refractivity contribution in [3.05, 3.63) is 35.9 Å². The van der Waals surface area contributed by atoms with Gasteiger partial charge in [-0.3, -0.25) is 0 Å². The van der Waals surface area contributed by atoms with Crippen LogP contribution in [0.2, 0.25) is 0 Å². The summed E-state index contributed by atoms with van der Waals surface area (Å²) in [5.74, 6) is 1.16. The van der Waals surface area contributed by atoms with Gasteiger partial charge in [0.2, 0.25) is 0 Å². The molecule has 86 valence electrons. The van der Waals surface area contributed by atoms with Crippen molar-refractivity contribution in [2.75, 3.05) is 18.8 Å². The van der Waals surface area contributed by atoms with Crippen LogP contribution < -0.4 is 0 Å². The lowest BCUT2D eigenvalue weighted by Gasteiger charge is -2.35. The minimum absolute atomic E-state index is 0.422. The lowest BCUT2D eigenvalue weighted by Crippen LogP contribution is -2.10. The molecule has 0 aliphatic rings. The number of thioether (sulfide) groups is 1. The van der Waals surface area contributed by atoms with E-state index in [2.05, 4.69) is 67.8 Å². The summed E-state index contributed by atoms with van der Waals surface area (Å²) in [6.07, 6.45) is 8.54. The summed E-state index contributed by atoms with van der Waals surface area (Å²) in [5, 5.41) is 0. The molecule has 0 aliphatic heterocycles. The lowest BCUT2D eigenvalue weighted by molar-refractivity contribution is 1.04. The minimum atomic E-state index is -0.422. The molecule has 0 spiro atoms. The first-order valence-corrected chi connectivity index (χ1v) is 9.33. The summed E-state index contributed by atoms with van der Waals surface area (Å²) in [5.41, 5.74) is 1.45. The average Bonchev–Trinajstić information content (AvgIpc) is 2.18. The van der Waals surface area contributed by atoms with E-state index in [0.29, 0.717) is 0 Å². The van der Waals surface area contributed by atoms with Crippen molar-refractivity contribution in [2.45, 2.75) is 23.7 Å². The van der Waals surface area contributed by atoms with E-state index >= 15 is 0 Å². The zero-order valence-electron chi connectivity index (χ0n) is 10.2. The number of hydrogen-bond donors (Lipinski definition) is 0. The highest BCUT2D eigenvalue weighted by Crippen LogP contribution is 2.49. The van der Waals surface area contributed by atoms with Crippen LogP contribution in [0.1, 0.15) is 18.9 Å². The highest BCUT2D eigenvalue weighted by atomic mass is 32.3. The summed E-state index contributed by atoms with van der Waals surface area (Å²) in [6.45, 7) is 2.31. The summed E-state index contributed by atoms with van der Waals surface area (Å²) >= 11 is 2.12. The van der Waals surface area contributed by atoms with E-state index in [-0.39, 0.29) is 0 Å². The summed E-state index contributed by atoms with van der Waals surface area (Å²) in [4.78, 5) is 0. The van der Waals surface area contributed by atoms with Gasteiger partial charge in [0.25, 0.3) is 0 Å². The fourth-order valence-corrected chi connectivity index (χ4v) is 5.23. The number of rotatable bonds is 5. The van der Waals surface area contributed by atoms with Gasteiger partial charge in [-0.05, 0) is 30.8 Å². The van der Waals surface area contributed by atoms with Gasteiger partial charge in [-0.2, -0.15) is 0 Å². The molecule has 15 heavy (non-hydrogen) atoms. The quantitative estimate of drug-likeness (QED) is 0.740. The van der Waals surface area contributed by atoms with Crippen LogP contribution in [0.15, 0.2) is 30.3 Å². The van der Waals surface area contributed by atoms with Gasteiger partial charge in [-0.25, -0.2) is 10.0 Å². The molecule has 0 saturated heterocycles. The van der Waals surface area contributed by atoms with E-state index in [0.717, 1.165) is 10.3 Å². The Morgan fingerprint density at radius 1 is 1.13 bits per heavy atom. The Balaban J connectivity index is 2.49. The molecule has 0 aromatic heterocycles. The fourth-order valence-electron chi connectivity index (χ4n) is 1.59. The van der Waals surface area contributed by atoms with Crippen molar-refractivity contribution < 1.29 is 0 Å². The Morgan fingerprint density at radius 3 is 2.20 bits per heavy atom. The second kappa shape index (κ2) is 5.86. The largest absolute Gasteiger partial charge is 0.238 e. The monoisotopic (exact) mass is 242 g/mol. The van der Waals surface area contributed by atoms with Gasteiger partial charge in [-0.15, -0.1) is 11.8 Å². The van der Waals surface area contributed by atoms with Crippen LogP contribution in [-0.4, -0.2) is 23.3 Å². The van der Waals surface area contributed by atoms with Crippen LogP contribution in [0.5, 0.6) is 0 Å². The van der Waals surface area contributed by atoms with Crippen LogP contribution in [0.3, 0.4) is 0 Å². The SMILES string of the molecule is CCC(SCc1ccccc1)S(C)(C)C.